The van der Waals surface area contributed by atoms with Gasteiger partial charge in [0.05, 0.1) is 33.3 Å². The van der Waals surface area contributed by atoms with Crippen molar-refractivity contribution in [3.8, 4) is 11.5 Å². The number of aromatic nitrogens is 2. The lowest BCUT2D eigenvalue weighted by Crippen LogP contribution is -2.37. The summed E-state index contributed by atoms with van der Waals surface area (Å²) in [5.74, 6) is 1.05. The van der Waals surface area contributed by atoms with Crippen LogP contribution >= 0.6 is 11.3 Å². The van der Waals surface area contributed by atoms with Crippen LogP contribution in [0.2, 0.25) is 0 Å². The third kappa shape index (κ3) is 3.39. The summed E-state index contributed by atoms with van der Waals surface area (Å²) in [5.41, 5.74) is 1.89. The molecule has 3 aromatic heterocycles. The minimum Gasteiger partial charge on any atom is -0.464 e. The van der Waals surface area contributed by atoms with Gasteiger partial charge >= 0.3 is 6.09 Å². The molecule has 2 N–H and O–H groups in total. The third-order valence-corrected chi connectivity index (χ3v) is 6.94. The van der Waals surface area contributed by atoms with Crippen molar-refractivity contribution in [2.75, 3.05) is 13.2 Å². The van der Waals surface area contributed by atoms with Gasteiger partial charge in [0, 0.05) is 29.9 Å². The Kier molecular flexibility index (Phi) is 5.07. The summed E-state index contributed by atoms with van der Waals surface area (Å²) in [6, 6.07) is 10.4. The fraction of sp³-hybridized carbons (Fsp3) is 0.261. The summed E-state index contributed by atoms with van der Waals surface area (Å²) in [4.78, 5) is 31.2. The minimum absolute atomic E-state index is 0.0329. The molecule has 8 nitrogen and oxygen atoms in total. The molecule has 1 atom stereocenters. The van der Waals surface area contributed by atoms with E-state index in [1.807, 2.05) is 0 Å². The molecule has 1 aliphatic rings. The molecule has 0 saturated carbocycles. The van der Waals surface area contributed by atoms with E-state index in [-0.39, 0.29) is 18.6 Å². The fourth-order valence-electron chi connectivity index (χ4n) is 4.31. The highest BCUT2D eigenvalue weighted by molar-refractivity contribution is 7.21. The van der Waals surface area contributed by atoms with E-state index in [1.165, 1.54) is 15.9 Å². The number of aliphatic hydroxyl groups excluding tert-OH is 1. The monoisotopic (exact) mass is 451 g/mol. The second-order valence-electron chi connectivity index (χ2n) is 7.84. The number of carbonyl (C=O) groups is 2. The molecule has 0 radical (unpaired) electrons. The first kappa shape index (κ1) is 20.5. The molecule has 9 heteroatoms. The number of aryl methyl sites for hydroxylation is 1. The van der Waals surface area contributed by atoms with Gasteiger partial charge in [-0.05, 0) is 50.1 Å². The second-order valence-corrected chi connectivity index (χ2v) is 8.89. The van der Waals surface area contributed by atoms with E-state index >= 15 is 0 Å². The molecule has 1 aromatic carbocycles. The molecule has 1 fully saturated rings. The Labute approximate surface area is 187 Å². The number of fused-ring (bicyclic) bond motifs is 2. The van der Waals surface area contributed by atoms with Crippen LogP contribution in [0.3, 0.4) is 0 Å². The summed E-state index contributed by atoms with van der Waals surface area (Å²) in [5, 5.41) is 19.7. The van der Waals surface area contributed by atoms with E-state index in [1.54, 1.807) is 54.4 Å². The van der Waals surface area contributed by atoms with Crippen LogP contribution in [0.5, 0.6) is 11.5 Å². The van der Waals surface area contributed by atoms with Gasteiger partial charge in [-0.1, -0.05) is 0 Å². The highest BCUT2D eigenvalue weighted by atomic mass is 32.1. The maximum atomic E-state index is 13.0. The Morgan fingerprint density at radius 3 is 2.88 bits per heavy atom. The number of nitrogens with zero attached hydrogens (tertiary/aromatic N) is 3. The largest absolute Gasteiger partial charge is 0.464 e. The van der Waals surface area contributed by atoms with Crippen molar-refractivity contribution in [2.24, 2.45) is 0 Å². The standard InChI is InChI=1S/C23H21N3O5S/c1-13-9-14-10-16(4-5-18(14)26(13)23(29)30)31-19-6-7-24-17-11-20(32-21(17)19)22(28)25-8-2-3-15(25)12-27/h4-7,9-11,15,27H,2-3,8,12H2,1H3,(H,29,30)/t15-/m1/s1. The van der Waals surface area contributed by atoms with Gasteiger partial charge in [0.25, 0.3) is 5.91 Å². The number of rotatable bonds is 4. The van der Waals surface area contributed by atoms with Crippen LogP contribution in [-0.4, -0.2) is 55.9 Å². The molecule has 1 saturated heterocycles. The molecular weight excluding hydrogens is 430 g/mol. The SMILES string of the molecule is Cc1cc2cc(Oc3ccnc4cc(C(=O)N5CCC[C@@H]5CO)sc34)ccc2n1C(=O)O. The van der Waals surface area contributed by atoms with Gasteiger partial charge in [0.15, 0.2) is 0 Å². The van der Waals surface area contributed by atoms with E-state index in [2.05, 4.69) is 4.98 Å². The number of pyridine rings is 1. The van der Waals surface area contributed by atoms with Gasteiger partial charge in [0.1, 0.15) is 11.5 Å². The maximum Gasteiger partial charge on any atom is 0.416 e. The smallest absolute Gasteiger partial charge is 0.416 e. The van der Waals surface area contributed by atoms with Gasteiger partial charge in [-0.15, -0.1) is 11.3 Å². The van der Waals surface area contributed by atoms with Gasteiger partial charge in [0.2, 0.25) is 0 Å². The average Bonchev–Trinajstić information content (AvgIpc) is 3.48. The van der Waals surface area contributed by atoms with Crippen LogP contribution in [0, 0.1) is 6.92 Å². The van der Waals surface area contributed by atoms with Crippen LogP contribution in [0.25, 0.3) is 21.1 Å². The topological polar surface area (TPSA) is 105 Å². The van der Waals surface area contributed by atoms with Crippen LogP contribution in [0.15, 0.2) is 42.6 Å². The summed E-state index contributed by atoms with van der Waals surface area (Å²) < 4.78 is 8.11. The second kappa shape index (κ2) is 7.92. The molecule has 0 aliphatic carbocycles. The van der Waals surface area contributed by atoms with Crippen LogP contribution in [-0.2, 0) is 0 Å². The lowest BCUT2D eigenvalue weighted by molar-refractivity contribution is 0.0682. The number of hydrogen-bond donors (Lipinski definition) is 2. The number of thiophene rings is 1. The van der Waals surface area contributed by atoms with E-state index in [0.29, 0.717) is 39.6 Å². The van der Waals surface area contributed by atoms with Gasteiger partial charge in [-0.25, -0.2) is 4.79 Å². The first-order chi connectivity index (χ1) is 15.5. The summed E-state index contributed by atoms with van der Waals surface area (Å²) in [6.45, 7) is 2.35. The molecule has 1 amide bonds. The average molecular weight is 452 g/mol. The van der Waals surface area contributed by atoms with Crippen molar-refractivity contribution in [1.82, 2.24) is 14.5 Å². The number of carboxylic acid groups (broad SMARTS) is 1. The van der Waals surface area contributed by atoms with Gasteiger partial charge in [-0.3, -0.25) is 14.3 Å². The van der Waals surface area contributed by atoms with Crippen molar-refractivity contribution in [3.05, 3.63) is 53.2 Å². The lowest BCUT2D eigenvalue weighted by Gasteiger charge is -2.22. The highest BCUT2D eigenvalue weighted by Crippen LogP contribution is 2.37. The molecular formula is C23H21N3O5S. The Morgan fingerprint density at radius 1 is 1.25 bits per heavy atom. The molecule has 164 valence electrons. The molecule has 1 aliphatic heterocycles. The summed E-state index contributed by atoms with van der Waals surface area (Å²) >= 11 is 1.32. The van der Waals surface area contributed by atoms with E-state index < -0.39 is 6.09 Å². The van der Waals surface area contributed by atoms with Crippen molar-refractivity contribution in [3.63, 3.8) is 0 Å². The van der Waals surface area contributed by atoms with E-state index in [0.717, 1.165) is 22.9 Å². The Balaban J connectivity index is 1.47. The first-order valence-electron chi connectivity index (χ1n) is 10.3. The number of ether oxygens (including phenoxy) is 1. The number of amides is 1. The normalized spacial score (nSPS) is 16.2. The number of hydrogen-bond acceptors (Lipinski definition) is 6. The van der Waals surface area contributed by atoms with E-state index in [4.69, 9.17) is 4.74 Å². The molecule has 32 heavy (non-hydrogen) atoms. The zero-order valence-electron chi connectivity index (χ0n) is 17.3. The van der Waals surface area contributed by atoms with Crippen LogP contribution < -0.4 is 4.74 Å². The molecule has 5 rings (SSSR count). The quantitative estimate of drug-likeness (QED) is 0.474. The van der Waals surface area contributed by atoms with Crippen molar-refractivity contribution in [2.45, 2.75) is 25.8 Å². The third-order valence-electron chi connectivity index (χ3n) is 5.81. The van der Waals surface area contributed by atoms with Gasteiger partial charge < -0.3 is 19.8 Å². The zero-order valence-corrected chi connectivity index (χ0v) is 18.1. The van der Waals surface area contributed by atoms with Crippen molar-refractivity contribution >= 4 is 44.5 Å². The van der Waals surface area contributed by atoms with E-state index in [9.17, 15) is 19.8 Å². The first-order valence-corrected chi connectivity index (χ1v) is 11.1. The maximum absolute atomic E-state index is 13.0. The number of benzene rings is 1. The molecule has 0 spiro atoms. The lowest BCUT2D eigenvalue weighted by atomic mass is 10.2. The summed E-state index contributed by atoms with van der Waals surface area (Å²) in [6.07, 6.45) is 2.30. The zero-order chi connectivity index (χ0) is 22.4. The summed E-state index contributed by atoms with van der Waals surface area (Å²) in [7, 11) is 0. The Hall–Kier alpha value is -3.43. The van der Waals surface area contributed by atoms with Crippen molar-refractivity contribution in [1.29, 1.82) is 0 Å². The fourth-order valence-corrected chi connectivity index (χ4v) is 5.33. The van der Waals surface area contributed by atoms with Crippen LogP contribution in [0.4, 0.5) is 4.79 Å². The predicted molar refractivity (Wildman–Crippen MR) is 121 cm³/mol. The number of likely N-dealkylation sites (tertiary alicyclic amines) is 1. The molecule has 0 bridgehead atoms. The van der Waals surface area contributed by atoms with Gasteiger partial charge in [-0.2, -0.15) is 0 Å². The number of carbonyl (C=O) groups excluding carboxylic acids is 1. The molecule has 4 heterocycles. The van der Waals surface area contributed by atoms with Crippen LogP contribution in [0.1, 0.15) is 28.2 Å². The predicted octanol–water partition coefficient (Wildman–Crippen LogP) is 4.47. The minimum atomic E-state index is -1.03. The highest BCUT2D eigenvalue weighted by Gasteiger charge is 2.30. The number of aliphatic hydroxyl groups is 1. The molecule has 4 aromatic rings. The Bertz CT molecular complexity index is 1360. The Morgan fingerprint density at radius 2 is 2.09 bits per heavy atom. The van der Waals surface area contributed by atoms with Crippen molar-refractivity contribution < 1.29 is 24.5 Å². The molecule has 0 unspecified atom stereocenters.